The fourth-order valence-electron chi connectivity index (χ4n) is 5.68. The molecule has 3 saturated heterocycles. The van der Waals surface area contributed by atoms with Gasteiger partial charge >= 0.3 is 11.9 Å². The van der Waals surface area contributed by atoms with Crippen LogP contribution in [0, 0.1) is 17.8 Å². The van der Waals surface area contributed by atoms with E-state index in [1.807, 2.05) is 12.1 Å². The molecule has 3 aliphatic heterocycles. The van der Waals surface area contributed by atoms with Gasteiger partial charge in [-0.05, 0) is 37.0 Å². The first kappa shape index (κ1) is 22.3. The van der Waals surface area contributed by atoms with Gasteiger partial charge in [-0.15, -0.1) is 0 Å². The van der Waals surface area contributed by atoms with Crippen LogP contribution in [0.15, 0.2) is 24.3 Å². The molecule has 9 heteroatoms. The number of hydrogen-bond donors (Lipinski definition) is 1. The van der Waals surface area contributed by atoms with Gasteiger partial charge in [-0.1, -0.05) is 31.4 Å². The Kier molecular flexibility index (Phi) is 5.88. The number of ether oxygens (including phenoxy) is 5. The lowest BCUT2D eigenvalue weighted by Crippen LogP contribution is -2.54. The molecule has 1 saturated carbocycles. The Morgan fingerprint density at radius 1 is 1.06 bits per heavy atom. The van der Waals surface area contributed by atoms with Gasteiger partial charge in [0.1, 0.15) is 0 Å². The van der Waals surface area contributed by atoms with Crippen LogP contribution in [0.2, 0.25) is 0 Å². The maximum absolute atomic E-state index is 12.8. The van der Waals surface area contributed by atoms with Crippen LogP contribution in [0.25, 0.3) is 0 Å². The molecule has 0 aromatic heterocycles. The molecule has 1 N–H and O–H groups in total. The number of hydrogen-bond acceptors (Lipinski definition) is 8. The van der Waals surface area contributed by atoms with Gasteiger partial charge in [-0.3, -0.25) is 9.59 Å². The molecule has 6 atom stereocenters. The zero-order chi connectivity index (χ0) is 23.2. The van der Waals surface area contributed by atoms with Crippen molar-refractivity contribution < 1.29 is 38.1 Å². The van der Waals surface area contributed by atoms with E-state index in [-0.39, 0.29) is 11.8 Å². The van der Waals surface area contributed by atoms with Crippen LogP contribution in [0.1, 0.15) is 50.2 Å². The topological polar surface area (TPSA) is 109 Å². The third-order valence-electron chi connectivity index (χ3n) is 7.35. The number of methoxy groups -OCH3 is 2. The van der Waals surface area contributed by atoms with E-state index in [1.165, 1.54) is 20.6 Å². The summed E-state index contributed by atoms with van der Waals surface area (Å²) in [5.41, 5.74) is 1.45. The summed E-state index contributed by atoms with van der Waals surface area (Å²) in [4.78, 5) is 38.0. The number of rotatable bonds is 5. The van der Waals surface area contributed by atoms with E-state index >= 15 is 0 Å². The summed E-state index contributed by atoms with van der Waals surface area (Å²) in [5, 5.41) is 2.99. The molecule has 1 aliphatic carbocycles. The summed E-state index contributed by atoms with van der Waals surface area (Å²) in [6, 6.07) is 7.26. The Balaban J connectivity index is 1.36. The molecule has 1 amide bonds. The predicted molar refractivity (Wildman–Crippen MR) is 114 cm³/mol. The van der Waals surface area contributed by atoms with Crippen LogP contribution in [0.4, 0.5) is 5.69 Å². The minimum atomic E-state index is -1.78. The third-order valence-corrected chi connectivity index (χ3v) is 7.35. The zero-order valence-corrected chi connectivity index (χ0v) is 18.8. The number of amides is 1. The van der Waals surface area contributed by atoms with Gasteiger partial charge in [0.25, 0.3) is 5.79 Å². The molecule has 1 aromatic carbocycles. The lowest BCUT2D eigenvalue weighted by atomic mass is 9.77. The van der Waals surface area contributed by atoms with Crippen molar-refractivity contribution in [2.45, 2.75) is 62.8 Å². The molecular weight excluding hydrogens is 430 g/mol. The number of anilines is 1. The molecule has 178 valence electrons. The second-order valence-corrected chi connectivity index (χ2v) is 9.20. The fourth-order valence-corrected chi connectivity index (χ4v) is 5.68. The van der Waals surface area contributed by atoms with Gasteiger partial charge in [-0.25, -0.2) is 4.79 Å². The van der Waals surface area contributed by atoms with E-state index in [9.17, 15) is 14.4 Å². The number of carbonyl (C=O) groups is 3. The van der Waals surface area contributed by atoms with E-state index in [1.54, 1.807) is 12.1 Å². The maximum atomic E-state index is 12.8. The van der Waals surface area contributed by atoms with Gasteiger partial charge < -0.3 is 29.0 Å². The van der Waals surface area contributed by atoms with E-state index in [2.05, 4.69) is 5.32 Å². The minimum Gasteiger partial charge on any atom is -0.465 e. The molecule has 1 aromatic rings. The number of esters is 2. The van der Waals surface area contributed by atoms with Crippen LogP contribution in [0.5, 0.6) is 0 Å². The quantitative estimate of drug-likeness (QED) is 0.670. The molecule has 0 bridgehead atoms. The SMILES string of the molecule is COC(=O)[C@]12O[C@@H](OC)[C@@H]3OC(=O)[C@H](C[C@H](c4ccc(NC(=O)C5CCCCC5)cc4)O1)[C@@H]32. The molecular formula is C24H29NO8. The van der Waals surface area contributed by atoms with Gasteiger partial charge in [-0.2, -0.15) is 0 Å². The Bertz CT molecular complexity index is 927. The van der Waals surface area contributed by atoms with E-state index in [0.717, 1.165) is 31.2 Å². The predicted octanol–water partition coefficient (Wildman–Crippen LogP) is 2.70. The number of benzene rings is 1. The molecule has 33 heavy (non-hydrogen) atoms. The van der Waals surface area contributed by atoms with Crippen LogP contribution in [-0.4, -0.2) is 50.2 Å². The molecule has 4 aliphatic rings. The summed E-state index contributed by atoms with van der Waals surface area (Å²) >= 11 is 0. The summed E-state index contributed by atoms with van der Waals surface area (Å²) < 4.78 is 27.9. The first-order valence-corrected chi connectivity index (χ1v) is 11.5. The van der Waals surface area contributed by atoms with E-state index in [0.29, 0.717) is 12.1 Å². The highest BCUT2D eigenvalue weighted by Crippen LogP contribution is 2.56. The van der Waals surface area contributed by atoms with Gasteiger partial charge in [0.15, 0.2) is 12.4 Å². The third kappa shape index (κ3) is 3.72. The van der Waals surface area contributed by atoms with Crippen molar-refractivity contribution in [2.24, 2.45) is 17.8 Å². The lowest BCUT2D eigenvalue weighted by molar-refractivity contribution is -0.311. The monoisotopic (exact) mass is 459 g/mol. The molecule has 0 spiro atoms. The fraction of sp³-hybridized carbons (Fsp3) is 0.625. The average molecular weight is 459 g/mol. The smallest absolute Gasteiger partial charge is 0.367 e. The van der Waals surface area contributed by atoms with E-state index in [4.69, 9.17) is 23.7 Å². The Labute approximate surface area is 192 Å². The van der Waals surface area contributed by atoms with Crippen molar-refractivity contribution in [3.05, 3.63) is 29.8 Å². The maximum Gasteiger partial charge on any atom is 0.367 e. The molecule has 4 fully saturated rings. The number of carbonyl (C=O) groups excluding carboxylic acids is 3. The highest BCUT2D eigenvalue weighted by Gasteiger charge is 2.73. The van der Waals surface area contributed by atoms with Crippen LogP contribution < -0.4 is 5.32 Å². The first-order chi connectivity index (χ1) is 16.0. The van der Waals surface area contributed by atoms with Crippen molar-refractivity contribution in [3.8, 4) is 0 Å². The standard InChI is InChI=1S/C24H29NO8/c1-29-22-19-18-16(21(27)31-19)12-17(32-24(18,33-22)23(28)30-2)13-8-10-15(11-9-13)25-20(26)14-6-4-3-5-7-14/h8-11,14,16-19,22H,3-7,12H2,1-2H3,(H,25,26)/t16-,17-,18+,19-,22-,24+/m1/s1. The second-order valence-electron chi connectivity index (χ2n) is 9.20. The second kappa shape index (κ2) is 8.70. The summed E-state index contributed by atoms with van der Waals surface area (Å²) in [7, 11) is 2.67. The molecule has 5 rings (SSSR count). The van der Waals surface area contributed by atoms with Crippen LogP contribution >= 0.6 is 0 Å². The highest BCUT2D eigenvalue weighted by molar-refractivity contribution is 5.92. The Morgan fingerprint density at radius 3 is 2.45 bits per heavy atom. The number of nitrogens with one attached hydrogen (secondary N) is 1. The van der Waals surface area contributed by atoms with Crippen molar-refractivity contribution in [1.82, 2.24) is 0 Å². The largest absolute Gasteiger partial charge is 0.465 e. The zero-order valence-electron chi connectivity index (χ0n) is 18.8. The van der Waals surface area contributed by atoms with Crippen LogP contribution in [0.3, 0.4) is 0 Å². The molecule has 3 heterocycles. The Morgan fingerprint density at radius 2 is 1.79 bits per heavy atom. The van der Waals surface area contributed by atoms with Gasteiger partial charge in [0.2, 0.25) is 5.91 Å². The van der Waals surface area contributed by atoms with Gasteiger partial charge in [0.05, 0.1) is 25.0 Å². The van der Waals surface area contributed by atoms with Crippen LogP contribution in [-0.2, 0) is 38.1 Å². The molecule has 0 radical (unpaired) electrons. The van der Waals surface area contributed by atoms with Crippen molar-refractivity contribution in [2.75, 3.05) is 19.5 Å². The van der Waals surface area contributed by atoms with Gasteiger partial charge in [0, 0.05) is 18.7 Å². The summed E-state index contributed by atoms with van der Waals surface area (Å²) in [5.74, 6) is -4.02. The van der Waals surface area contributed by atoms with Crippen molar-refractivity contribution in [3.63, 3.8) is 0 Å². The van der Waals surface area contributed by atoms with E-state index < -0.39 is 48.1 Å². The molecule has 0 unspecified atom stereocenters. The normalized spacial score (nSPS) is 35.6. The minimum absolute atomic E-state index is 0.0496. The highest BCUT2D eigenvalue weighted by atomic mass is 16.8. The Hall–Kier alpha value is -2.49. The summed E-state index contributed by atoms with van der Waals surface area (Å²) in [6.07, 6.45) is 3.32. The summed E-state index contributed by atoms with van der Waals surface area (Å²) in [6.45, 7) is 0. The van der Waals surface area contributed by atoms with Crippen molar-refractivity contribution in [1.29, 1.82) is 0 Å². The average Bonchev–Trinajstić information content (AvgIpc) is 3.36. The lowest BCUT2D eigenvalue weighted by Gasteiger charge is -2.40. The first-order valence-electron chi connectivity index (χ1n) is 11.5. The van der Waals surface area contributed by atoms with Crippen molar-refractivity contribution >= 4 is 23.5 Å². The molecule has 9 nitrogen and oxygen atoms in total.